The van der Waals surface area contributed by atoms with Crippen LogP contribution in [0, 0.1) is 5.92 Å². The summed E-state index contributed by atoms with van der Waals surface area (Å²) in [6, 6.07) is 9.96. The number of para-hydroxylation sites is 1. The van der Waals surface area contributed by atoms with Gasteiger partial charge in [-0.1, -0.05) is 18.2 Å². The molecule has 148 valence electrons. The van der Waals surface area contributed by atoms with Gasteiger partial charge in [0.25, 0.3) is 0 Å². The van der Waals surface area contributed by atoms with Crippen LogP contribution in [0.1, 0.15) is 32.6 Å². The van der Waals surface area contributed by atoms with E-state index in [0.29, 0.717) is 0 Å². The van der Waals surface area contributed by atoms with Crippen molar-refractivity contribution >= 4 is 29.9 Å². The van der Waals surface area contributed by atoms with Gasteiger partial charge in [0.15, 0.2) is 5.96 Å². The monoisotopic (exact) mass is 475 g/mol. The second kappa shape index (κ2) is 14.1. The second-order valence-electron chi connectivity index (χ2n) is 6.54. The maximum absolute atomic E-state index is 5.72. The smallest absolute Gasteiger partial charge is 0.193 e. The third-order valence-electron chi connectivity index (χ3n) is 4.14. The van der Waals surface area contributed by atoms with Gasteiger partial charge >= 0.3 is 0 Å². The number of aliphatic imine (C=N–C) groups is 1. The van der Waals surface area contributed by atoms with Gasteiger partial charge in [-0.2, -0.15) is 0 Å². The van der Waals surface area contributed by atoms with Gasteiger partial charge in [0, 0.05) is 33.3 Å². The quantitative estimate of drug-likeness (QED) is 0.216. The lowest BCUT2D eigenvalue weighted by Crippen LogP contribution is -2.40. The Morgan fingerprint density at radius 1 is 1.19 bits per heavy atom. The number of benzene rings is 1. The molecule has 6 heteroatoms. The van der Waals surface area contributed by atoms with Crippen LogP contribution in [0.3, 0.4) is 0 Å². The number of ether oxygens (including phenoxy) is 2. The summed E-state index contributed by atoms with van der Waals surface area (Å²) in [5.41, 5.74) is 0. The molecule has 0 radical (unpaired) electrons. The predicted molar refractivity (Wildman–Crippen MR) is 119 cm³/mol. The van der Waals surface area contributed by atoms with Gasteiger partial charge in [0.2, 0.25) is 0 Å². The fraction of sp³-hybridized carbons (Fsp3) is 0.650. The van der Waals surface area contributed by atoms with Crippen LogP contribution in [0.4, 0.5) is 0 Å². The minimum Gasteiger partial charge on any atom is -0.494 e. The summed E-state index contributed by atoms with van der Waals surface area (Å²) in [5, 5.41) is 3.35. The molecule has 0 aromatic heterocycles. The van der Waals surface area contributed by atoms with Gasteiger partial charge in [0.1, 0.15) is 5.75 Å². The van der Waals surface area contributed by atoms with Gasteiger partial charge < -0.3 is 19.7 Å². The second-order valence-corrected chi connectivity index (χ2v) is 6.54. The van der Waals surface area contributed by atoms with Crippen LogP contribution in [0.2, 0.25) is 0 Å². The number of unbranched alkanes of at least 4 members (excludes halogenated alkanes) is 1. The highest BCUT2D eigenvalue weighted by Gasteiger charge is 2.21. The maximum Gasteiger partial charge on any atom is 0.193 e. The van der Waals surface area contributed by atoms with Crippen LogP contribution in [-0.2, 0) is 4.74 Å². The Morgan fingerprint density at radius 3 is 2.65 bits per heavy atom. The Labute approximate surface area is 175 Å². The molecule has 1 saturated carbocycles. The van der Waals surface area contributed by atoms with Crippen molar-refractivity contribution in [3.63, 3.8) is 0 Å². The van der Waals surface area contributed by atoms with E-state index in [9.17, 15) is 0 Å². The molecule has 5 nitrogen and oxygen atoms in total. The summed E-state index contributed by atoms with van der Waals surface area (Å²) in [7, 11) is 2.07. The SMILES string of the molecule is CCNC(=NCCCCOc1ccccc1)N(C)CCOCC1CC1.I. The van der Waals surface area contributed by atoms with Crippen LogP contribution in [0.15, 0.2) is 35.3 Å². The molecule has 1 fully saturated rings. The number of likely N-dealkylation sites (N-methyl/N-ethyl adjacent to an activating group) is 1. The van der Waals surface area contributed by atoms with E-state index in [0.717, 1.165) is 69.9 Å². The summed E-state index contributed by atoms with van der Waals surface area (Å²) < 4.78 is 11.4. The van der Waals surface area contributed by atoms with Gasteiger partial charge in [-0.25, -0.2) is 0 Å². The standard InChI is InChI=1S/C20H33N3O2.HI/c1-3-21-20(23(2)14-16-24-17-18-11-12-18)22-13-7-8-15-25-19-9-5-4-6-10-19;/h4-6,9-10,18H,3,7-8,11-17H2,1-2H3,(H,21,22);1H. The van der Waals surface area contributed by atoms with Gasteiger partial charge in [-0.15, -0.1) is 24.0 Å². The summed E-state index contributed by atoms with van der Waals surface area (Å²) in [4.78, 5) is 6.85. The van der Waals surface area contributed by atoms with Crippen LogP contribution >= 0.6 is 24.0 Å². The molecular weight excluding hydrogens is 441 g/mol. The zero-order valence-electron chi connectivity index (χ0n) is 16.2. The third-order valence-corrected chi connectivity index (χ3v) is 4.14. The van der Waals surface area contributed by atoms with E-state index in [4.69, 9.17) is 14.5 Å². The highest BCUT2D eigenvalue weighted by atomic mass is 127. The Balaban J connectivity index is 0.00000338. The topological polar surface area (TPSA) is 46.1 Å². The van der Waals surface area contributed by atoms with Crippen molar-refractivity contribution in [2.24, 2.45) is 10.9 Å². The number of halogens is 1. The van der Waals surface area contributed by atoms with E-state index in [2.05, 4.69) is 24.2 Å². The fourth-order valence-corrected chi connectivity index (χ4v) is 2.42. The largest absolute Gasteiger partial charge is 0.494 e. The number of guanidine groups is 1. The van der Waals surface area contributed by atoms with Crippen molar-refractivity contribution in [3.05, 3.63) is 30.3 Å². The van der Waals surface area contributed by atoms with Crippen LogP contribution in [0.5, 0.6) is 5.75 Å². The number of nitrogens with zero attached hydrogens (tertiary/aromatic N) is 2. The molecule has 26 heavy (non-hydrogen) atoms. The molecule has 0 saturated heterocycles. The van der Waals surface area contributed by atoms with Crippen molar-refractivity contribution in [3.8, 4) is 5.75 Å². The number of nitrogens with one attached hydrogen (secondary N) is 1. The Bertz CT molecular complexity index is 495. The first kappa shape index (κ1) is 23.0. The molecule has 2 rings (SSSR count). The Hall–Kier alpha value is -1.02. The van der Waals surface area contributed by atoms with Crippen molar-refractivity contribution in [1.29, 1.82) is 0 Å². The first-order valence-electron chi connectivity index (χ1n) is 9.54. The van der Waals surface area contributed by atoms with Crippen LogP contribution in [-0.4, -0.2) is 57.4 Å². The van der Waals surface area contributed by atoms with Crippen molar-refractivity contribution in [1.82, 2.24) is 10.2 Å². The molecule has 0 aliphatic heterocycles. The fourth-order valence-electron chi connectivity index (χ4n) is 2.42. The first-order valence-corrected chi connectivity index (χ1v) is 9.54. The van der Waals surface area contributed by atoms with E-state index >= 15 is 0 Å². The van der Waals surface area contributed by atoms with Crippen LogP contribution in [0.25, 0.3) is 0 Å². The molecule has 0 bridgehead atoms. The van der Waals surface area contributed by atoms with Crippen molar-refractivity contribution in [2.75, 3.05) is 46.5 Å². The third kappa shape index (κ3) is 10.2. The first-order chi connectivity index (χ1) is 12.3. The predicted octanol–water partition coefficient (Wildman–Crippen LogP) is 3.79. The lowest BCUT2D eigenvalue weighted by atomic mass is 10.3. The summed E-state index contributed by atoms with van der Waals surface area (Å²) in [6.45, 7) is 7.08. The molecule has 0 amide bonds. The average molecular weight is 475 g/mol. The molecule has 1 N–H and O–H groups in total. The number of rotatable bonds is 12. The lowest BCUT2D eigenvalue weighted by molar-refractivity contribution is 0.115. The summed E-state index contributed by atoms with van der Waals surface area (Å²) in [6.07, 6.45) is 4.71. The zero-order chi connectivity index (χ0) is 17.7. The van der Waals surface area contributed by atoms with Crippen molar-refractivity contribution < 1.29 is 9.47 Å². The molecule has 1 aliphatic carbocycles. The number of hydrogen-bond donors (Lipinski definition) is 1. The van der Waals surface area contributed by atoms with E-state index < -0.39 is 0 Å². The van der Waals surface area contributed by atoms with E-state index in [1.165, 1.54) is 12.8 Å². The number of hydrogen-bond acceptors (Lipinski definition) is 3. The van der Waals surface area contributed by atoms with Gasteiger partial charge in [-0.05, 0) is 50.7 Å². The summed E-state index contributed by atoms with van der Waals surface area (Å²) in [5.74, 6) is 2.72. The lowest BCUT2D eigenvalue weighted by Gasteiger charge is -2.22. The molecule has 1 aromatic carbocycles. The Morgan fingerprint density at radius 2 is 1.96 bits per heavy atom. The van der Waals surface area contributed by atoms with Gasteiger partial charge in [-0.3, -0.25) is 4.99 Å². The Kier molecular flexibility index (Phi) is 12.5. The highest BCUT2D eigenvalue weighted by Crippen LogP contribution is 2.28. The molecular formula is C20H34IN3O2. The zero-order valence-corrected chi connectivity index (χ0v) is 18.5. The summed E-state index contributed by atoms with van der Waals surface area (Å²) >= 11 is 0. The molecule has 1 aromatic rings. The highest BCUT2D eigenvalue weighted by molar-refractivity contribution is 14.0. The molecule has 0 heterocycles. The van der Waals surface area contributed by atoms with Crippen molar-refractivity contribution in [2.45, 2.75) is 32.6 Å². The normalized spacial score (nSPS) is 13.8. The van der Waals surface area contributed by atoms with E-state index in [-0.39, 0.29) is 24.0 Å². The molecule has 0 atom stereocenters. The maximum atomic E-state index is 5.72. The minimum atomic E-state index is 0. The molecule has 1 aliphatic rings. The molecule has 0 spiro atoms. The van der Waals surface area contributed by atoms with E-state index in [1.54, 1.807) is 0 Å². The average Bonchev–Trinajstić information content (AvgIpc) is 3.46. The molecule has 0 unspecified atom stereocenters. The van der Waals surface area contributed by atoms with Crippen LogP contribution < -0.4 is 10.1 Å². The van der Waals surface area contributed by atoms with Gasteiger partial charge in [0.05, 0.1) is 13.2 Å². The van der Waals surface area contributed by atoms with E-state index in [1.807, 2.05) is 30.3 Å². The minimum absolute atomic E-state index is 0.